The molecule has 22 heavy (non-hydrogen) atoms. The Hall–Kier alpha value is -1.78. The smallest absolute Gasteiger partial charge is 0.347 e. The third kappa shape index (κ3) is 3.34. The average molecular weight is 344 g/mol. The Kier molecular flexibility index (Phi) is 4.63. The number of aryl methyl sites for hydroxylation is 2. The fourth-order valence-electron chi connectivity index (χ4n) is 1.86. The van der Waals surface area contributed by atoms with E-state index in [1.807, 2.05) is 6.92 Å². The number of thiazole rings is 1. The minimum absolute atomic E-state index is 0.0614. The molecule has 0 spiro atoms. The lowest BCUT2D eigenvalue weighted by atomic mass is 10.4. The number of rotatable bonds is 6. The fourth-order valence-corrected chi connectivity index (χ4v) is 3.91. The summed E-state index contributed by atoms with van der Waals surface area (Å²) in [7, 11) is -3.79. The van der Waals surface area contributed by atoms with Crippen molar-refractivity contribution in [3.8, 4) is 0 Å². The van der Waals surface area contributed by atoms with E-state index in [2.05, 4.69) is 14.7 Å². The van der Waals surface area contributed by atoms with Gasteiger partial charge in [0.1, 0.15) is 15.7 Å². The number of hydrogen-bond donors (Lipinski definition) is 2. The van der Waals surface area contributed by atoms with Gasteiger partial charge < -0.3 is 9.67 Å². The van der Waals surface area contributed by atoms with Gasteiger partial charge in [-0.05, 0) is 20.8 Å². The molecule has 0 aliphatic heterocycles. The zero-order valence-electron chi connectivity index (χ0n) is 12.3. The molecule has 2 N–H and O–H groups in total. The van der Waals surface area contributed by atoms with Gasteiger partial charge in [0.15, 0.2) is 5.03 Å². The van der Waals surface area contributed by atoms with Crippen LogP contribution in [0.5, 0.6) is 0 Å². The maximum absolute atomic E-state index is 12.3. The van der Waals surface area contributed by atoms with Crippen molar-refractivity contribution >= 4 is 27.3 Å². The van der Waals surface area contributed by atoms with Crippen LogP contribution in [0.2, 0.25) is 0 Å². The Balaban J connectivity index is 2.21. The summed E-state index contributed by atoms with van der Waals surface area (Å²) in [5.74, 6) is -0.478. The molecule has 0 saturated heterocycles. The summed E-state index contributed by atoms with van der Waals surface area (Å²) in [6.45, 7) is 5.85. The van der Waals surface area contributed by atoms with Crippen LogP contribution in [0, 0.1) is 6.92 Å². The lowest BCUT2D eigenvalue weighted by molar-refractivity contribution is 0.0702. The highest BCUT2D eigenvalue weighted by Gasteiger charge is 2.24. The Morgan fingerprint density at radius 3 is 2.73 bits per heavy atom. The van der Waals surface area contributed by atoms with Crippen molar-refractivity contribution in [2.45, 2.75) is 38.4 Å². The minimum atomic E-state index is -3.79. The van der Waals surface area contributed by atoms with Crippen LogP contribution in [-0.2, 0) is 16.6 Å². The molecule has 1 atom stereocenters. The maximum atomic E-state index is 12.3. The zero-order valence-corrected chi connectivity index (χ0v) is 13.9. The molecule has 0 bridgehead atoms. The standard InChI is InChI=1S/C12H16N4O4S2/c1-4-16-6-10(14-8(16)3)22(19,20)15-7(2)11-13-5-9(21-11)12(17)18/h5-7,15H,4H2,1-3H3,(H,17,18). The van der Waals surface area contributed by atoms with Crippen molar-refractivity contribution in [1.82, 2.24) is 19.3 Å². The van der Waals surface area contributed by atoms with Crippen LogP contribution in [0.4, 0.5) is 0 Å². The largest absolute Gasteiger partial charge is 0.477 e. The van der Waals surface area contributed by atoms with Crippen LogP contribution in [0.1, 0.15) is 40.4 Å². The van der Waals surface area contributed by atoms with E-state index in [1.165, 1.54) is 12.4 Å². The van der Waals surface area contributed by atoms with Crippen molar-refractivity contribution in [3.05, 3.63) is 28.1 Å². The Bertz CT molecular complexity index is 794. The maximum Gasteiger partial charge on any atom is 0.347 e. The van der Waals surface area contributed by atoms with Gasteiger partial charge in [0.05, 0.1) is 12.2 Å². The van der Waals surface area contributed by atoms with Crippen LogP contribution in [-0.4, -0.2) is 34.0 Å². The second kappa shape index (κ2) is 6.15. The topological polar surface area (TPSA) is 114 Å². The van der Waals surface area contributed by atoms with E-state index in [-0.39, 0.29) is 9.90 Å². The monoisotopic (exact) mass is 344 g/mol. The third-order valence-electron chi connectivity index (χ3n) is 3.01. The molecule has 2 aromatic heterocycles. The van der Waals surface area contributed by atoms with Crippen molar-refractivity contribution < 1.29 is 18.3 Å². The summed E-state index contributed by atoms with van der Waals surface area (Å²) in [5, 5.41) is 9.19. The number of aromatic carboxylic acids is 1. The minimum Gasteiger partial charge on any atom is -0.477 e. The lowest BCUT2D eigenvalue weighted by Crippen LogP contribution is -2.27. The quantitative estimate of drug-likeness (QED) is 0.819. The summed E-state index contributed by atoms with van der Waals surface area (Å²) in [5.41, 5.74) is 0. The highest BCUT2D eigenvalue weighted by molar-refractivity contribution is 7.89. The summed E-state index contributed by atoms with van der Waals surface area (Å²) in [6, 6.07) is -0.643. The SMILES string of the molecule is CCn1cc(S(=O)(=O)NC(C)c2ncc(C(=O)O)s2)nc1C. The van der Waals surface area contributed by atoms with Crippen molar-refractivity contribution in [1.29, 1.82) is 0 Å². The van der Waals surface area contributed by atoms with Gasteiger partial charge in [-0.15, -0.1) is 11.3 Å². The zero-order chi connectivity index (χ0) is 16.5. The van der Waals surface area contributed by atoms with Gasteiger partial charge in [0.2, 0.25) is 0 Å². The van der Waals surface area contributed by atoms with Gasteiger partial charge in [-0.25, -0.2) is 27.9 Å². The van der Waals surface area contributed by atoms with Gasteiger partial charge in [-0.2, -0.15) is 0 Å². The summed E-state index contributed by atoms with van der Waals surface area (Å²) < 4.78 is 28.8. The van der Waals surface area contributed by atoms with E-state index in [4.69, 9.17) is 5.11 Å². The number of nitrogens with one attached hydrogen (secondary N) is 1. The molecule has 2 aromatic rings. The van der Waals surface area contributed by atoms with E-state index < -0.39 is 22.0 Å². The highest BCUT2D eigenvalue weighted by Crippen LogP contribution is 2.22. The van der Waals surface area contributed by atoms with Crippen molar-refractivity contribution in [2.24, 2.45) is 0 Å². The summed E-state index contributed by atoms with van der Waals surface area (Å²) in [6.07, 6.45) is 2.68. The number of carbonyl (C=O) groups is 1. The van der Waals surface area contributed by atoms with E-state index in [1.54, 1.807) is 18.4 Å². The molecule has 8 nitrogen and oxygen atoms in total. The number of aromatic nitrogens is 3. The number of imidazole rings is 1. The molecule has 0 aromatic carbocycles. The van der Waals surface area contributed by atoms with Crippen LogP contribution in [0.3, 0.4) is 0 Å². The number of nitrogens with zero attached hydrogens (tertiary/aromatic N) is 3. The predicted octanol–water partition coefficient (Wildman–Crippen LogP) is 1.41. The first-order valence-corrected chi connectivity index (χ1v) is 8.79. The average Bonchev–Trinajstić information content (AvgIpc) is 3.04. The van der Waals surface area contributed by atoms with Crippen LogP contribution >= 0.6 is 11.3 Å². The summed E-state index contributed by atoms with van der Waals surface area (Å²) in [4.78, 5) is 18.9. The molecule has 120 valence electrons. The molecule has 0 saturated carbocycles. The van der Waals surface area contributed by atoms with Gasteiger partial charge in [0, 0.05) is 12.7 Å². The molecule has 2 rings (SSSR count). The Labute approximate surface area is 131 Å². The Morgan fingerprint density at radius 2 is 2.23 bits per heavy atom. The van der Waals surface area contributed by atoms with E-state index in [0.29, 0.717) is 17.4 Å². The summed E-state index contributed by atoms with van der Waals surface area (Å²) >= 11 is 0.935. The number of carboxylic acids is 1. The predicted molar refractivity (Wildman–Crippen MR) is 80.4 cm³/mol. The molecule has 0 amide bonds. The van der Waals surface area contributed by atoms with E-state index in [0.717, 1.165) is 11.3 Å². The first-order chi connectivity index (χ1) is 10.2. The first kappa shape index (κ1) is 16.6. The molecule has 10 heteroatoms. The van der Waals surface area contributed by atoms with Crippen LogP contribution < -0.4 is 4.72 Å². The van der Waals surface area contributed by atoms with Gasteiger partial charge in [-0.3, -0.25) is 0 Å². The second-order valence-electron chi connectivity index (χ2n) is 4.62. The Morgan fingerprint density at radius 1 is 1.55 bits per heavy atom. The second-order valence-corrected chi connectivity index (χ2v) is 7.35. The third-order valence-corrected chi connectivity index (χ3v) is 5.59. The van der Waals surface area contributed by atoms with Gasteiger partial charge >= 0.3 is 5.97 Å². The lowest BCUT2D eigenvalue weighted by Gasteiger charge is -2.09. The van der Waals surface area contributed by atoms with Gasteiger partial charge in [0.25, 0.3) is 10.0 Å². The molecule has 2 heterocycles. The van der Waals surface area contributed by atoms with E-state index in [9.17, 15) is 13.2 Å². The molecule has 1 unspecified atom stereocenters. The first-order valence-electron chi connectivity index (χ1n) is 6.49. The molecular formula is C12H16N4O4S2. The van der Waals surface area contributed by atoms with Crippen molar-refractivity contribution in [3.63, 3.8) is 0 Å². The van der Waals surface area contributed by atoms with E-state index >= 15 is 0 Å². The number of carboxylic acid groups (broad SMARTS) is 1. The molecule has 0 aliphatic rings. The molecule has 0 aliphatic carbocycles. The molecule has 0 fully saturated rings. The van der Waals surface area contributed by atoms with Gasteiger partial charge in [-0.1, -0.05) is 0 Å². The highest BCUT2D eigenvalue weighted by atomic mass is 32.2. The number of sulfonamides is 1. The van der Waals surface area contributed by atoms with Crippen molar-refractivity contribution in [2.75, 3.05) is 0 Å². The van der Waals surface area contributed by atoms with Crippen LogP contribution in [0.25, 0.3) is 0 Å². The normalized spacial score (nSPS) is 13.2. The number of hydrogen-bond acceptors (Lipinski definition) is 6. The molecular weight excluding hydrogens is 328 g/mol. The molecule has 0 radical (unpaired) electrons. The van der Waals surface area contributed by atoms with Crippen LogP contribution in [0.15, 0.2) is 17.4 Å². The fraction of sp³-hybridized carbons (Fsp3) is 0.417.